The highest BCUT2D eigenvalue weighted by Gasteiger charge is 2.24. The van der Waals surface area contributed by atoms with Crippen LogP contribution in [0.4, 0.5) is 0 Å². The van der Waals surface area contributed by atoms with E-state index in [4.69, 9.17) is 4.74 Å². The summed E-state index contributed by atoms with van der Waals surface area (Å²) in [7, 11) is 0. The van der Waals surface area contributed by atoms with E-state index in [-0.39, 0.29) is 12.1 Å². The largest absolute Gasteiger partial charge is 0.490 e. The van der Waals surface area contributed by atoms with Crippen molar-refractivity contribution in [2.75, 3.05) is 13.2 Å². The summed E-state index contributed by atoms with van der Waals surface area (Å²) in [6, 6.07) is 16.4. The van der Waals surface area contributed by atoms with E-state index in [2.05, 4.69) is 61.8 Å². The van der Waals surface area contributed by atoms with Gasteiger partial charge < -0.3 is 14.8 Å². The molecule has 0 saturated heterocycles. The fraction of sp³-hybridized carbons (Fsp3) is 0.391. The summed E-state index contributed by atoms with van der Waals surface area (Å²) in [6.07, 6.45) is 1.33. The molecule has 2 aromatic carbocycles. The van der Waals surface area contributed by atoms with Gasteiger partial charge in [-0.25, -0.2) is 0 Å². The van der Waals surface area contributed by atoms with E-state index in [1.165, 1.54) is 11.1 Å². The van der Waals surface area contributed by atoms with Gasteiger partial charge in [0.15, 0.2) is 0 Å². The van der Waals surface area contributed by atoms with Crippen molar-refractivity contribution in [1.29, 1.82) is 0 Å². The number of nitrogens with one attached hydrogen (secondary N) is 1. The predicted octanol–water partition coefficient (Wildman–Crippen LogP) is 4.52. The molecule has 144 valence electrons. The van der Waals surface area contributed by atoms with Crippen LogP contribution in [0.2, 0.25) is 0 Å². The second-order valence-electron chi connectivity index (χ2n) is 8.20. The summed E-state index contributed by atoms with van der Waals surface area (Å²) in [5, 5.41) is 11.7. The Morgan fingerprint density at radius 1 is 1.11 bits per heavy atom. The van der Waals surface area contributed by atoms with Gasteiger partial charge in [-0.15, -0.1) is 0 Å². The molecule has 1 heterocycles. The van der Waals surface area contributed by atoms with Gasteiger partial charge in [0, 0.05) is 35.7 Å². The lowest BCUT2D eigenvalue weighted by molar-refractivity contribution is 0.0288. The van der Waals surface area contributed by atoms with E-state index >= 15 is 0 Å². The molecule has 0 amide bonds. The Kier molecular flexibility index (Phi) is 5.88. The number of benzene rings is 2. The summed E-state index contributed by atoms with van der Waals surface area (Å²) < 4.78 is 5.93. The molecule has 0 bridgehead atoms. The van der Waals surface area contributed by atoms with Crippen LogP contribution in [-0.4, -0.2) is 39.8 Å². The third-order valence-electron chi connectivity index (χ3n) is 4.82. The van der Waals surface area contributed by atoms with Crippen molar-refractivity contribution in [2.45, 2.75) is 45.9 Å². The molecular weight excluding hydrogens is 336 g/mol. The Morgan fingerprint density at radius 3 is 2.63 bits per heavy atom. The molecule has 27 heavy (non-hydrogen) atoms. The molecule has 0 aliphatic carbocycles. The minimum atomic E-state index is -0.566. The highest BCUT2D eigenvalue weighted by Crippen LogP contribution is 2.25. The van der Waals surface area contributed by atoms with Crippen LogP contribution < -0.4 is 4.74 Å². The third-order valence-corrected chi connectivity index (χ3v) is 4.82. The number of aliphatic hydroxyl groups is 1. The first-order valence-electron chi connectivity index (χ1n) is 9.50. The molecule has 2 N–H and O–H groups in total. The molecule has 0 aliphatic heterocycles. The Morgan fingerprint density at radius 2 is 1.89 bits per heavy atom. The topological polar surface area (TPSA) is 48.5 Å². The smallest absolute Gasteiger partial charge is 0.128 e. The molecule has 0 fully saturated rings. The summed E-state index contributed by atoms with van der Waals surface area (Å²) in [5.41, 5.74) is 3.50. The molecule has 1 unspecified atom stereocenters. The standard InChI is InChI=1S/C23H30N2O2/c1-17-7-5-8-18(13-17)14-25(23(2,3)4)15-19(26)16-27-22-10-6-9-21-20(22)11-12-24-21/h5-13,19,24,26H,14-16H2,1-4H3. The number of aromatic amines is 1. The Balaban J connectivity index is 1.64. The maximum Gasteiger partial charge on any atom is 0.128 e. The molecule has 0 radical (unpaired) electrons. The second-order valence-corrected chi connectivity index (χ2v) is 8.20. The number of β-amino-alcohol motifs (C(OH)–C–C–N with tert-alkyl or cyclic N) is 1. The van der Waals surface area contributed by atoms with Crippen molar-refractivity contribution in [2.24, 2.45) is 0 Å². The van der Waals surface area contributed by atoms with E-state index in [1.54, 1.807) is 0 Å². The minimum absolute atomic E-state index is 0.0502. The Bertz CT molecular complexity index is 879. The number of aliphatic hydroxyl groups excluding tert-OH is 1. The lowest BCUT2D eigenvalue weighted by Crippen LogP contribution is -2.46. The highest BCUT2D eigenvalue weighted by molar-refractivity contribution is 5.85. The van der Waals surface area contributed by atoms with Crippen LogP contribution in [0.3, 0.4) is 0 Å². The van der Waals surface area contributed by atoms with Gasteiger partial charge in [-0.1, -0.05) is 35.9 Å². The van der Waals surface area contributed by atoms with E-state index in [9.17, 15) is 5.11 Å². The SMILES string of the molecule is Cc1cccc(CN(CC(O)COc2cccc3[nH]ccc23)C(C)(C)C)c1. The van der Waals surface area contributed by atoms with Gasteiger partial charge in [0.2, 0.25) is 0 Å². The van der Waals surface area contributed by atoms with Crippen LogP contribution in [0, 0.1) is 6.92 Å². The number of H-pyrrole nitrogens is 1. The summed E-state index contributed by atoms with van der Waals surface area (Å²) in [4.78, 5) is 5.48. The van der Waals surface area contributed by atoms with E-state index < -0.39 is 6.10 Å². The van der Waals surface area contributed by atoms with Crippen LogP contribution in [0.15, 0.2) is 54.7 Å². The zero-order valence-electron chi connectivity index (χ0n) is 16.7. The minimum Gasteiger partial charge on any atom is -0.490 e. The van der Waals surface area contributed by atoms with Gasteiger partial charge in [0.25, 0.3) is 0 Å². The average molecular weight is 367 g/mol. The number of fused-ring (bicyclic) bond motifs is 1. The van der Waals surface area contributed by atoms with Crippen molar-refractivity contribution in [3.05, 3.63) is 65.9 Å². The summed E-state index contributed by atoms with van der Waals surface area (Å²) in [6.45, 7) is 10.3. The number of aromatic nitrogens is 1. The van der Waals surface area contributed by atoms with Gasteiger partial charge in [-0.3, -0.25) is 4.90 Å². The number of hydrogen-bond donors (Lipinski definition) is 2. The van der Waals surface area contributed by atoms with Crippen LogP contribution >= 0.6 is 0 Å². The van der Waals surface area contributed by atoms with Crippen molar-refractivity contribution in [3.8, 4) is 5.75 Å². The first kappa shape index (κ1) is 19.5. The molecule has 4 heteroatoms. The molecule has 0 spiro atoms. The lowest BCUT2D eigenvalue weighted by atomic mass is 10.0. The molecule has 1 aromatic heterocycles. The molecule has 1 atom stereocenters. The van der Waals surface area contributed by atoms with Crippen LogP contribution in [0.5, 0.6) is 5.75 Å². The van der Waals surface area contributed by atoms with Gasteiger partial charge in [0.05, 0.1) is 0 Å². The maximum absolute atomic E-state index is 10.6. The predicted molar refractivity (Wildman–Crippen MR) is 111 cm³/mol. The Labute approximate surface area is 161 Å². The van der Waals surface area contributed by atoms with E-state index in [1.807, 2.05) is 30.5 Å². The molecular formula is C23H30N2O2. The van der Waals surface area contributed by atoms with Gasteiger partial charge in [-0.05, 0) is 51.5 Å². The highest BCUT2D eigenvalue weighted by atomic mass is 16.5. The molecule has 4 nitrogen and oxygen atoms in total. The fourth-order valence-corrected chi connectivity index (χ4v) is 3.28. The van der Waals surface area contributed by atoms with Crippen molar-refractivity contribution >= 4 is 10.9 Å². The molecule has 0 aliphatic rings. The average Bonchev–Trinajstić information content (AvgIpc) is 3.08. The first-order valence-corrected chi connectivity index (χ1v) is 9.50. The number of ether oxygens (including phenoxy) is 1. The first-order chi connectivity index (χ1) is 12.8. The van der Waals surface area contributed by atoms with Crippen LogP contribution in [0.25, 0.3) is 10.9 Å². The zero-order chi connectivity index (χ0) is 19.4. The van der Waals surface area contributed by atoms with E-state index in [0.717, 1.165) is 23.2 Å². The van der Waals surface area contributed by atoms with E-state index in [0.29, 0.717) is 6.54 Å². The Hall–Kier alpha value is -2.30. The molecule has 3 rings (SSSR count). The zero-order valence-corrected chi connectivity index (χ0v) is 16.7. The molecule has 3 aromatic rings. The fourth-order valence-electron chi connectivity index (χ4n) is 3.28. The molecule has 0 saturated carbocycles. The van der Waals surface area contributed by atoms with Crippen molar-refractivity contribution in [1.82, 2.24) is 9.88 Å². The number of hydrogen-bond acceptors (Lipinski definition) is 3. The number of nitrogens with zero attached hydrogens (tertiary/aromatic N) is 1. The van der Waals surface area contributed by atoms with Crippen molar-refractivity contribution in [3.63, 3.8) is 0 Å². The summed E-state index contributed by atoms with van der Waals surface area (Å²) in [5.74, 6) is 0.800. The maximum atomic E-state index is 10.6. The second kappa shape index (κ2) is 8.15. The van der Waals surface area contributed by atoms with Crippen LogP contribution in [-0.2, 0) is 6.54 Å². The van der Waals surface area contributed by atoms with Crippen LogP contribution in [0.1, 0.15) is 31.9 Å². The van der Waals surface area contributed by atoms with Crippen molar-refractivity contribution < 1.29 is 9.84 Å². The monoisotopic (exact) mass is 366 g/mol. The quantitative estimate of drug-likeness (QED) is 0.646. The lowest BCUT2D eigenvalue weighted by Gasteiger charge is -2.37. The third kappa shape index (κ3) is 5.12. The van der Waals surface area contributed by atoms with Gasteiger partial charge in [-0.2, -0.15) is 0 Å². The number of rotatable bonds is 7. The van der Waals surface area contributed by atoms with Gasteiger partial charge in [0.1, 0.15) is 18.5 Å². The summed E-state index contributed by atoms with van der Waals surface area (Å²) >= 11 is 0. The number of aryl methyl sites for hydroxylation is 1. The normalized spacial score (nSPS) is 13.3. The van der Waals surface area contributed by atoms with Gasteiger partial charge >= 0.3 is 0 Å².